The van der Waals surface area contributed by atoms with Crippen molar-refractivity contribution in [1.29, 1.82) is 0 Å². The normalized spacial score (nSPS) is 15.5. The van der Waals surface area contributed by atoms with Crippen LogP contribution in [0.1, 0.15) is 31.6 Å². The Kier molecular flexibility index (Phi) is 4.85. The minimum Gasteiger partial charge on any atom is -0.323 e. The maximum Gasteiger partial charge on any atom is 0.237 e. The van der Waals surface area contributed by atoms with Gasteiger partial charge >= 0.3 is 0 Å². The number of halogens is 2. The van der Waals surface area contributed by atoms with Gasteiger partial charge in [-0.15, -0.1) is 10.2 Å². The molecule has 1 aliphatic carbocycles. The second kappa shape index (κ2) is 6.71. The van der Waals surface area contributed by atoms with E-state index in [4.69, 9.17) is 23.2 Å². The van der Waals surface area contributed by atoms with E-state index in [1.54, 1.807) is 18.2 Å². The lowest BCUT2D eigenvalue weighted by molar-refractivity contribution is -0.115. The van der Waals surface area contributed by atoms with E-state index in [1.165, 1.54) is 11.8 Å². The van der Waals surface area contributed by atoms with Crippen LogP contribution in [0.25, 0.3) is 0 Å². The largest absolute Gasteiger partial charge is 0.323 e. The maximum atomic E-state index is 12.4. The fourth-order valence-corrected chi connectivity index (χ4v) is 3.69. The molecule has 1 aromatic heterocycles. The number of carbonyl (C=O) groups is 1. The first-order valence-corrected chi connectivity index (χ1v) is 8.94. The summed E-state index contributed by atoms with van der Waals surface area (Å²) in [5, 5.41) is 12.4. The van der Waals surface area contributed by atoms with E-state index in [0.29, 0.717) is 21.8 Å². The predicted octanol–water partition coefficient (Wildman–Crippen LogP) is 4.35. The van der Waals surface area contributed by atoms with Gasteiger partial charge in [0.15, 0.2) is 5.16 Å². The fourth-order valence-electron chi connectivity index (χ4n) is 2.24. The summed E-state index contributed by atoms with van der Waals surface area (Å²) in [6.07, 6.45) is 2.28. The molecule has 23 heavy (non-hydrogen) atoms. The number of hydrogen-bond donors (Lipinski definition) is 1. The van der Waals surface area contributed by atoms with Crippen molar-refractivity contribution in [2.45, 2.75) is 43.1 Å². The first kappa shape index (κ1) is 16.6. The molecule has 0 unspecified atom stereocenters. The summed E-state index contributed by atoms with van der Waals surface area (Å²) in [6.45, 7) is 3.76. The van der Waals surface area contributed by atoms with Gasteiger partial charge in [0.1, 0.15) is 5.82 Å². The first-order valence-electron chi connectivity index (χ1n) is 7.30. The molecule has 1 heterocycles. The number of nitrogens with one attached hydrogen (secondary N) is 1. The Morgan fingerprint density at radius 3 is 2.61 bits per heavy atom. The van der Waals surface area contributed by atoms with E-state index in [1.807, 2.05) is 13.8 Å². The van der Waals surface area contributed by atoms with Crippen LogP contribution in [-0.2, 0) is 4.79 Å². The standard InChI is InChI=1S/C15H16Cl2N4OS/c1-8(14(22)18-13-11(16)4-3-5-12(13)17)23-15-20-19-9(2)21(15)10-6-7-10/h3-5,8,10H,6-7H2,1-2H3,(H,18,22)/t8-/m1/s1. The molecule has 1 saturated carbocycles. The summed E-state index contributed by atoms with van der Waals surface area (Å²) >= 11 is 13.6. The molecule has 3 rings (SSSR count). The zero-order valence-corrected chi connectivity index (χ0v) is 15.0. The summed E-state index contributed by atoms with van der Waals surface area (Å²) in [7, 11) is 0. The second-order valence-electron chi connectivity index (χ2n) is 5.48. The summed E-state index contributed by atoms with van der Waals surface area (Å²) in [6, 6.07) is 5.59. The highest BCUT2D eigenvalue weighted by Gasteiger charge is 2.30. The molecule has 1 amide bonds. The third-order valence-electron chi connectivity index (χ3n) is 3.61. The molecular formula is C15H16Cl2N4OS. The van der Waals surface area contributed by atoms with Gasteiger partial charge in [0.05, 0.1) is 21.0 Å². The van der Waals surface area contributed by atoms with Crippen LogP contribution >= 0.6 is 35.0 Å². The Labute approximate surface area is 148 Å². The number of rotatable bonds is 5. The van der Waals surface area contributed by atoms with E-state index >= 15 is 0 Å². The Morgan fingerprint density at radius 2 is 2.00 bits per heavy atom. The van der Waals surface area contributed by atoms with Crippen LogP contribution in [0, 0.1) is 6.92 Å². The molecule has 0 saturated heterocycles. The molecule has 2 aromatic rings. The predicted molar refractivity (Wildman–Crippen MR) is 93.4 cm³/mol. The third kappa shape index (κ3) is 3.65. The van der Waals surface area contributed by atoms with Crippen molar-refractivity contribution in [2.75, 3.05) is 5.32 Å². The SMILES string of the molecule is Cc1nnc(S[C@H](C)C(=O)Nc2c(Cl)cccc2Cl)n1C1CC1. The Morgan fingerprint density at radius 1 is 1.35 bits per heavy atom. The number of aryl methyl sites for hydroxylation is 1. The number of anilines is 1. The Balaban J connectivity index is 1.71. The number of para-hydroxylation sites is 1. The smallest absolute Gasteiger partial charge is 0.237 e. The number of amides is 1. The van der Waals surface area contributed by atoms with Gasteiger partial charge in [-0.3, -0.25) is 4.79 Å². The van der Waals surface area contributed by atoms with Gasteiger partial charge in [0.25, 0.3) is 0 Å². The maximum absolute atomic E-state index is 12.4. The first-order chi connectivity index (χ1) is 11.0. The second-order valence-corrected chi connectivity index (χ2v) is 7.60. The topological polar surface area (TPSA) is 59.8 Å². The van der Waals surface area contributed by atoms with Crippen LogP contribution in [-0.4, -0.2) is 25.9 Å². The molecule has 122 valence electrons. The van der Waals surface area contributed by atoms with Crippen LogP contribution in [0.5, 0.6) is 0 Å². The zero-order valence-electron chi connectivity index (χ0n) is 12.7. The van der Waals surface area contributed by atoms with Gasteiger partial charge in [0, 0.05) is 6.04 Å². The highest BCUT2D eigenvalue weighted by molar-refractivity contribution is 8.00. The van der Waals surface area contributed by atoms with Crippen LogP contribution < -0.4 is 5.32 Å². The molecule has 1 aromatic carbocycles. The highest BCUT2D eigenvalue weighted by atomic mass is 35.5. The number of aromatic nitrogens is 3. The van der Waals surface area contributed by atoms with Gasteiger partial charge in [-0.2, -0.15) is 0 Å². The molecular weight excluding hydrogens is 355 g/mol. The molecule has 8 heteroatoms. The fraction of sp³-hybridized carbons (Fsp3) is 0.400. The van der Waals surface area contributed by atoms with Crippen molar-refractivity contribution in [3.8, 4) is 0 Å². The number of hydrogen-bond acceptors (Lipinski definition) is 4. The molecule has 0 aliphatic heterocycles. The van der Waals surface area contributed by atoms with Crippen molar-refractivity contribution < 1.29 is 4.79 Å². The average molecular weight is 371 g/mol. The zero-order chi connectivity index (χ0) is 16.6. The van der Waals surface area contributed by atoms with Crippen LogP contribution in [0.4, 0.5) is 5.69 Å². The minimum absolute atomic E-state index is 0.173. The van der Waals surface area contributed by atoms with E-state index in [0.717, 1.165) is 23.8 Å². The van der Waals surface area contributed by atoms with E-state index in [9.17, 15) is 4.79 Å². The van der Waals surface area contributed by atoms with Crippen molar-refractivity contribution in [2.24, 2.45) is 0 Å². The average Bonchev–Trinajstić information content (AvgIpc) is 3.27. The summed E-state index contributed by atoms with van der Waals surface area (Å²) in [5.41, 5.74) is 0.438. The highest BCUT2D eigenvalue weighted by Crippen LogP contribution is 2.39. The number of thioether (sulfide) groups is 1. The lowest BCUT2D eigenvalue weighted by atomic mass is 10.3. The van der Waals surface area contributed by atoms with Gasteiger partial charge in [-0.05, 0) is 38.8 Å². The van der Waals surface area contributed by atoms with Gasteiger partial charge < -0.3 is 9.88 Å². The number of benzene rings is 1. The molecule has 1 atom stereocenters. The molecule has 1 aliphatic rings. The lowest BCUT2D eigenvalue weighted by Crippen LogP contribution is -2.23. The molecule has 0 spiro atoms. The minimum atomic E-state index is -0.344. The van der Waals surface area contributed by atoms with Crippen molar-refractivity contribution in [3.63, 3.8) is 0 Å². The Hall–Kier alpha value is -1.24. The van der Waals surface area contributed by atoms with Crippen LogP contribution in [0.15, 0.2) is 23.4 Å². The Bertz CT molecular complexity index is 725. The molecule has 0 bridgehead atoms. The van der Waals surface area contributed by atoms with E-state index < -0.39 is 0 Å². The molecule has 1 fully saturated rings. The van der Waals surface area contributed by atoms with Crippen LogP contribution in [0.2, 0.25) is 10.0 Å². The monoisotopic (exact) mass is 370 g/mol. The third-order valence-corrected chi connectivity index (χ3v) is 5.30. The molecule has 0 radical (unpaired) electrons. The van der Waals surface area contributed by atoms with Gasteiger partial charge in [-0.1, -0.05) is 41.0 Å². The summed E-state index contributed by atoms with van der Waals surface area (Å²) < 4.78 is 2.11. The van der Waals surface area contributed by atoms with Gasteiger partial charge in [0.2, 0.25) is 5.91 Å². The molecule has 5 nitrogen and oxygen atoms in total. The van der Waals surface area contributed by atoms with Crippen LogP contribution in [0.3, 0.4) is 0 Å². The van der Waals surface area contributed by atoms with Gasteiger partial charge in [-0.25, -0.2) is 0 Å². The van der Waals surface area contributed by atoms with Crippen molar-refractivity contribution in [3.05, 3.63) is 34.1 Å². The van der Waals surface area contributed by atoms with E-state index in [-0.39, 0.29) is 11.2 Å². The quantitative estimate of drug-likeness (QED) is 0.794. The summed E-state index contributed by atoms with van der Waals surface area (Å²) in [5.74, 6) is 0.713. The van der Waals surface area contributed by atoms with Crippen molar-refractivity contribution >= 4 is 46.6 Å². The number of nitrogens with zero attached hydrogens (tertiary/aromatic N) is 3. The van der Waals surface area contributed by atoms with E-state index in [2.05, 4.69) is 20.1 Å². The number of carbonyl (C=O) groups excluding carboxylic acids is 1. The lowest BCUT2D eigenvalue weighted by Gasteiger charge is -2.14. The summed E-state index contributed by atoms with van der Waals surface area (Å²) in [4.78, 5) is 12.4. The molecule has 1 N–H and O–H groups in total. The van der Waals surface area contributed by atoms with Crippen molar-refractivity contribution in [1.82, 2.24) is 14.8 Å².